The number of carbonyl (C=O) groups is 2. The summed E-state index contributed by atoms with van der Waals surface area (Å²) in [5.74, 6) is -1.01. The van der Waals surface area contributed by atoms with Gasteiger partial charge in [-0.2, -0.15) is 0 Å². The highest BCUT2D eigenvalue weighted by molar-refractivity contribution is 5.97. The number of carbonyl (C=O) groups excluding carboxylic acids is 1. The molecule has 1 heterocycles. The summed E-state index contributed by atoms with van der Waals surface area (Å²) >= 11 is 0. The summed E-state index contributed by atoms with van der Waals surface area (Å²) in [5.41, 5.74) is 1.77. The van der Waals surface area contributed by atoms with Crippen molar-refractivity contribution in [1.82, 2.24) is 0 Å². The summed E-state index contributed by atoms with van der Waals surface area (Å²) in [6.45, 7) is 1.85. The number of fused-ring (bicyclic) bond motifs is 1. The van der Waals surface area contributed by atoms with Gasteiger partial charge in [-0.05, 0) is 37.1 Å². The maximum absolute atomic E-state index is 11.8. The maximum atomic E-state index is 11.8. The van der Waals surface area contributed by atoms with Crippen LogP contribution >= 0.6 is 0 Å². The Morgan fingerprint density at radius 3 is 2.78 bits per heavy atom. The number of amides is 1. The number of anilines is 1. The molecule has 1 aliphatic rings. The summed E-state index contributed by atoms with van der Waals surface area (Å²) in [4.78, 5) is 24.2. The Morgan fingerprint density at radius 1 is 1.44 bits per heavy atom. The van der Waals surface area contributed by atoms with Gasteiger partial charge in [-0.25, -0.2) is 4.79 Å². The van der Waals surface area contributed by atoms with E-state index in [4.69, 9.17) is 5.11 Å². The maximum Gasteiger partial charge on any atom is 0.335 e. The van der Waals surface area contributed by atoms with Crippen LogP contribution in [0.25, 0.3) is 0 Å². The third-order valence-corrected chi connectivity index (χ3v) is 2.97. The predicted octanol–water partition coefficient (Wildman–Crippen LogP) is 1.04. The monoisotopic (exact) mass is 249 g/mol. The van der Waals surface area contributed by atoms with Crippen molar-refractivity contribution in [3.8, 4) is 0 Å². The molecule has 1 aromatic rings. The van der Waals surface area contributed by atoms with Gasteiger partial charge in [0.2, 0.25) is 5.91 Å². The van der Waals surface area contributed by atoms with Gasteiger partial charge in [0, 0.05) is 12.1 Å². The van der Waals surface area contributed by atoms with Crippen LogP contribution in [0.5, 0.6) is 0 Å². The molecule has 1 atom stereocenters. The fraction of sp³-hybridized carbons (Fsp3) is 0.385. The Hall–Kier alpha value is -1.88. The largest absolute Gasteiger partial charge is 0.478 e. The van der Waals surface area contributed by atoms with Gasteiger partial charge < -0.3 is 15.1 Å². The third kappa shape index (κ3) is 2.36. The van der Waals surface area contributed by atoms with Crippen molar-refractivity contribution in [3.63, 3.8) is 0 Å². The number of carboxylic acid groups (broad SMARTS) is 1. The van der Waals surface area contributed by atoms with Crippen LogP contribution < -0.4 is 4.90 Å². The fourth-order valence-corrected chi connectivity index (χ4v) is 2.16. The first-order valence-corrected chi connectivity index (χ1v) is 5.83. The minimum Gasteiger partial charge on any atom is -0.478 e. The molecule has 0 radical (unpaired) electrons. The van der Waals surface area contributed by atoms with Crippen molar-refractivity contribution in [2.24, 2.45) is 0 Å². The van der Waals surface area contributed by atoms with Gasteiger partial charge in [-0.15, -0.1) is 0 Å². The van der Waals surface area contributed by atoms with Crippen LogP contribution in [0.3, 0.4) is 0 Å². The minimum absolute atomic E-state index is 0.0357. The van der Waals surface area contributed by atoms with Crippen molar-refractivity contribution in [1.29, 1.82) is 0 Å². The number of hydrogen-bond donors (Lipinski definition) is 2. The zero-order valence-corrected chi connectivity index (χ0v) is 10.1. The van der Waals surface area contributed by atoms with Gasteiger partial charge in [0.15, 0.2) is 0 Å². The van der Waals surface area contributed by atoms with Gasteiger partial charge in [0.1, 0.15) is 0 Å². The number of aliphatic hydroxyl groups excluding tert-OH is 1. The highest BCUT2D eigenvalue weighted by Crippen LogP contribution is 2.28. The van der Waals surface area contributed by atoms with E-state index in [1.165, 1.54) is 11.0 Å². The fourth-order valence-electron chi connectivity index (χ4n) is 2.16. The molecule has 18 heavy (non-hydrogen) atoms. The molecule has 0 bridgehead atoms. The standard InChI is InChI=1S/C13H15NO4/c1-8(15)7-14-11-4-2-10(13(17)18)6-9(11)3-5-12(14)16/h2,4,6,8,15H,3,5,7H2,1H3,(H,17,18). The van der Waals surface area contributed by atoms with Crippen LogP contribution in [0.15, 0.2) is 18.2 Å². The molecule has 0 aromatic heterocycles. The zero-order chi connectivity index (χ0) is 13.3. The molecular weight excluding hydrogens is 234 g/mol. The number of nitrogens with zero attached hydrogens (tertiary/aromatic N) is 1. The van der Waals surface area contributed by atoms with E-state index in [0.29, 0.717) is 18.5 Å². The van der Waals surface area contributed by atoms with E-state index >= 15 is 0 Å². The molecule has 96 valence electrons. The first-order valence-electron chi connectivity index (χ1n) is 5.83. The second-order valence-corrected chi connectivity index (χ2v) is 4.50. The summed E-state index contributed by atoms with van der Waals surface area (Å²) < 4.78 is 0. The second kappa shape index (κ2) is 4.78. The number of aryl methyl sites for hydroxylation is 1. The lowest BCUT2D eigenvalue weighted by Crippen LogP contribution is -2.39. The lowest BCUT2D eigenvalue weighted by Gasteiger charge is -2.30. The van der Waals surface area contributed by atoms with Gasteiger partial charge in [0.05, 0.1) is 18.2 Å². The lowest BCUT2D eigenvalue weighted by atomic mass is 9.98. The second-order valence-electron chi connectivity index (χ2n) is 4.50. The molecule has 5 heteroatoms. The van der Waals surface area contributed by atoms with Crippen LogP contribution in [0.4, 0.5) is 5.69 Å². The van der Waals surface area contributed by atoms with Crippen LogP contribution in [-0.2, 0) is 11.2 Å². The SMILES string of the molecule is CC(O)CN1C(=O)CCc2cc(C(=O)O)ccc21. The topological polar surface area (TPSA) is 77.8 Å². The molecule has 1 amide bonds. The smallest absolute Gasteiger partial charge is 0.335 e. The van der Waals surface area contributed by atoms with Gasteiger partial charge in [0.25, 0.3) is 0 Å². The minimum atomic E-state index is -0.975. The summed E-state index contributed by atoms with van der Waals surface area (Å²) in [6.07, 6.45) is 0.285. The van der Waals surface area contributed by atoms with Crippen LogP contribution in [0.2, 0.25) is 0 Å². The molecule has 2 N–H and O–H groups in total. The average Bonchev–Trinajstić information content (AvgIpc) is 2.31. The van der Waals surface area contributed by atoms with Crippen molar-refractivity contribution in [2.45, 2.75) is 25.9 Å². The van der Waals surface area contributed by atoms with Crippen LogP contribution in [0, 0.1) is 0 Å². The summed E-state index contributed by atoms with van der Waals surface area (Å²) in [6, 6.07) is 4.71. The Bertz CT molecular complexity index is 496. The first kappa shape index (κ1) is 12.6. The molecule has 1 aliphatic heterocycles. The Morgan fingerprint density at radius 2 is 2.17 bits per heavy atom. The van der Waals surface area contributed by atoms with Crippen molar-refractivity contribution in [2.75, 3.05) is 11.4 Å². The molecule has 0 aliphatic carbocycles. The van der Waals surface area contributed by atoms with Crippen molar-refractivity contribution in [3.05, 3.63) is 29.3 Å². The van der Waals surface area contributed by atoms with E-state index in [1.807, 2.05) is 0 Å². The highest BCUT2D eigenvalue weighted by atomic mass is 16.4. The van der Waals surface area contributed by atoms with Gasteiger partial charge >= 0.3 is 5.97 Å². The molecule has 0 fully saturated rings. The van der Waals surface area contributed by atoms with E-state index in [9.17, 15) is 14.7 Å². The average molecular weight is 249 g/mol. The van der Waals surface area contributed by atoms with E-state index in [-0.39, 0.29) is 18.0 Å². The molecular formula is C13H15NO4. The molecule has 2 rings (SSSR count). The predicted molar refractivity (Wildman–Crippen MR) is 65.8 cm³/mol. The van der Waals surface area contributed by atoms with E-state index in [1.54, 1.807) is 19.1 Å². The molecule has 1 aromatic carbocycles. The Labute approximate surface area is 105 Å². The van der Waals surface area contributed by atoms with Gasteiger partial charge in [-0.1, -0.05) is 0 Å². The molecule has 5 nitrogen and oxygen atoms in total. The lowest BCUT2D eigenvalue weighted by molar-refractivity contribution is -0.119. The number of hydrogen-bond acceptors (Lipinski definition) is 3. The Kier molecular flexibility index (Phi) is 3.34. The number of rotatable bonds is 3. The molecule has 0 saturated heterocycles. The van der Waals surface area contributed by atoms with Crippen molar-refractivity contribution >= 4 is 17.6 Å². The molecule has 0 spiro atoms. The number of benzene rings is 1. The zero-order valence-electron chi connectivity index (χ0n) is 10.1. The van der Waals surface area contributed by atoms with Crippen LogP contribution in [0.1, 0.15) is 29.3 Å². The highest BCUT2D eigenvalue weighted by Gasteiger charge is 2.25. The number of aromatic carboxylic acids is 1. The number of β-amino-alcohol motifs (C(OH)–C–C–N with tert-alkyl or cyclic N) is 1. The first-order chi connectivity index (χ1) is 8.49. The quantitative estimate of drug-likeness (QED) is 0.839. The normalized spacial score (nSPS) is 16.3. The summed E-state index contributed by atoms with van der Waals surface area (Å²) in [5, 5.41) is 18.3. The van der Waals surface area contributed by atoms with Crippen molar-refractivity contribution < 1.29 is 19.8 Å². The third-order valence-electron chi connectivity index (χ3n) is 2.97. The van der Waals surface area contributed by atoms with E-state index < -0.39 is 12.1 Å². The summed E-state index contributed by atoms with van der Waals surface area (Å²) in [7, 11) is 0. The molecule has 1 unspecified atom stereocenters. The van der Waals surface area contributed by atoms with Crippen LogP contribution in [-0.4, -0.2) is 34.7 Å². The number of aliphatic hydroxyl groups is 1. The van der Waals surface area contributed by atoms with Gasteiger partial charge in [-0.3, -0.25) is 4.79 Å². The molecule has 0 saturated carbocycles. The number of carboxylic acids is 1. The Balaban J connectivity index is 2.38. The van der Waals surface area contributed by atoms with E-state index in [0.717, 1.165) is 5.56 Å². The van der Waals surface area contributed by atoms with E-state index in [2.05, 4.69) is 0 Å².